The average Bonchev–Trinajstić information content (AvgIpc) is 3.29. The second kappa shape index (κ2) is 9.93. The summed E-state index contributed by atoms with van der Waals surface area (Å²) in [6, 6.07) is 18.1. The van der Waals surface area contributed by atoms with E-state index in [9.17, 15) is 0 Å². The first-order valence-electron chi connectivity index (χ1n) is 12.0. The Balaban J connectivity index is 0.00000153. The minimum absolute atomic E-state index is 0. The molecule has 1 saturated heterocycles. The molecule has 0 amide bonds. The molecule has 1 aliphatic heterocycles. The van der Waals surface area contributed by atoms with Gasteiger partial charge in [0.05, 0.1) is 0 Å². The van der Waals surface area contributed by atoms with Crippen LogP contribution in [0.2, 0.25) is 12.1 Å². The molecule has 0 spiro atoms. The fourth-order valence-corrected chi connectivity index (χ4v) is 28.5. The number of fused-ring (bicyclic) bond motifs is 3. The van der Waals surface area contributed by atoms with Gasteiger partial charge in [-0.1, -0.05) is 0 Å². The Labute approximate surface area is 221 Å². The maximum absolute atomic E-state index is 2.63. The number of rotatable bonds is 2. The third-order valence-corrected chi connectivity index (χ3v) is 28.6. The van der Waals surface area contributed by atoms with Gasteiger partial charge in [0.1, 0.15) is 0 Å². The molecule has 0 saturated carbocycles. The van der Waals surface area contributed by atoms with Gasteiger partial charge in [-0.2, -0.15) is 0 Å². The molecular formula is C29H36Cl2SiZr. The van der Waals surface area contributed by atoms with Crippen LogP contribution in [-0.2, 0) is 31.2 Å². The van der Waals surface area contributed by atoms with Crippen molar-refractivity contribution in [2.45, 2.75) is 80.9 Å². The van der Waals surface area contributed by atoms with Crippen LogP contribution in [0, 0.1) is 0 Å². The van der Waals surface area contributed by atoms with Crippen LogP contribution in [0.3, 0.4) is 0 Å². The second-order valence-electron chi connectivity index (χ2n) is 11.7. The van der Waals surface area contributed by atoms with Crippen molar-refractivity contribution in [1.29, 1.82) is 0 Å². The van der Waals surface area contributed by atoms with Crippen molar-refractivity contribution >= 4 is 5.43 Å². The van der Waals surface area contributed by atoms with Gasteiger partial charge in [-0.25, -0.2) is 0 Å². The third-order valence-electron chi connectivity index (χ3n) is 7.49. The fraction of sp³-hybridized carbons (Fsp3) is 0.448. The Bertz CT molecular complexity index is 1090. The Kier molecular flexibility index (Phi) is 8.18. The van der Waals surface area contributed by atoms with E-state index in [0.29, 0.717) is 0 Å². The zero-order chi connectivity index (χ0) is 22.0. The van der Waals surface area contributed by atoms with E-state index in [-0.39, 0.29) is 41.1 Å². The van der Waals surface area contributed by atoms with Gasteiger partial charge in [-0.15, -0.1) is 0 Å². The van der Waals surface area contributed by atoms with E-state index >= 15 is 0 Å². The van der Waals surface area contributed by atoms with E-state index in [1.54, 1.807) is 34.3 Å². The molecule has 5 rings (SSSR count). The molecule has 0 bridgehead atoms. The maximum Gasteiger partial charge on any atom is -1.00 e. The standard InChI is InChI=1S/C21H25.C5H5.C3H6Si.2ClH.Zr/c1-20(2,3)16-7-9-18-14(12-16)11-15-13-17(21(4,5)6)8-10-19(15)18;1-2-4-5-3-1;1-2-4-3-1;;;/h7-13H,1-6H3;1-3H,4H2;1-3H2;2*1H;/q;;;;;+2/p-2. The number of halogens is 2. The summed E-state index contributed by atoms with van der Waals surface area (Å²) in [5, 5.41) is 0. The van der Waals surface area contributed by atoms with Crippen LogP contribution in [-0.4, -0.2) is 5.43 Å². The van der Waals surface area contributed by atoms with Crippen LogP contribution in [0.5, 0.6) is 0 Å². The molecule has 0 unspecified atom stereocenters. The van der Waals surface area contributed by atoms with Crippen LogP contribution >= 0.6 is 0 Å². The van der Waals surface area contributed by atoms with Gasteiger partial charge in [0, 0.05) is 0 Å². The molecule has 3 aliphatic rings. The Morgan fingerprint density at radius 1 is 0.788 bits per heavy atom. The van der Waals surface area contributed by atoms with E-state index < -0.39 is 20.4 Å². The summed E-state index contributed by atoms with van der Waals surface area (Å²) in [6.45, 7) is 14.2. The van der Waals surface area contributed by atoms with Gasteiger partial charge in [0.2, 0.25) is 0 Å². The molecule has 0 aromatic heterocycles. The van der Waals surface area contributed by atoms with Gasteiger partial charge in [0.15, 0.2) is 0 Å². The molecule has 0 N–H and O–H groups in total. The number of allylic oxidation sites excluding steroid dienone is 4. The topological polar surface area (TPSA) is 0 Å². The molecule has 0 atom stereocenters. The number of hydrogen-bond acceptors (Lipinski definition) is 0. The summed E-state index contributed by atoms with van der Waals surface area (Å²) in [7, 11) is 0. The van der Waals surface area contributed by atoms with E-state index in [1.165, 1.54) is 24.0 Å². The minimum atomic E-state index is -1.82. The molecule has 174 valence electrons. The molecule has 0 nitrogen and oxygen atoms in total. The van der Waals surface area contributed by atoms with Gasteiger partial charge in [-0.05, 0) is 0 Å². The van der Waals surface area contributed by atoms with Crippen LogP contribution in [0.4, 0.5) is 0 Å². The van der Waals surface area contributed by atoms with Crippen molar-refractivity contribution in [3.8, 4) is 11.1 Å². The molecule has 2 aromatic rings. The van der Waals surface area contributed by atoms with Crippen LogP contribution < -0.4 is 24.8 Å². The molecule has 2 aliphatic carbocycles. The Hall–Kier alpha value is -0.400. The van der Waals surface area contributed by atoms with Gasteiger partial charge in [-0.3, -0.25) is 0 Å². The summed E-state index contributed by atoms with van der Waals surface area (Å²) in [6.07, 6.45) is 10.1. The fourth-order valence-electron chi connectivity index (χ4n) is 5.39. The van der Waals surface area contributed by atoms with Crippen molar-refractivity contribution in [3.05, 3.63) is 80.2 Å². The Morgan fingerprint density at radius 2 is 1.30 bits per heavy atom. The first-order chi connectivity index (χ1) is 14.6. The van der Waals surface area contributed by atoms with E-state index in [4.69, 9.17) is 0 Å². The van der Waals surface area contributed by atoms with E-state index in [2.05, 4.69) is 96.2 Å². The van der Waals surface area contributed by atoms with Gasteiger partial charge in [0.25, 0.3) is 0 Å². The van der Waals surface area contributed by atoms with Crippen LogP contribution in [0.1, 0.15) is 80.3 Å². The van der Waals surface area contributed by atoms with Crippen molar-refractivity contribution in [2.75, 3.05) is 0 Å². The normalized spacial score (nSPS) is 16.6. The zero-order valence-electron chi connectivity index (χ0n) is 20.9. The third kappa shape index (κ3) is 4.97. The monoisotopic (exact) mass is 572 g/mol. The SMILES string of the molecule is CC(C)(C)c1ccc2c(c1)[CH]([Zr+2]([C]1=CC=CC1)=[Si]1CCC1)c1cc(C(C)(C)C)ccc1-2.[Cl-].[Cl-]. The van der Waals surface area contributed by atoms with Crippen molar-refractivity contribution in [2.24, 2.45) is 0 Å². The summed E-state index contributed by atoms with van der Waals surface area (Å²) >= 11 is -1.82. The van der Waals surface area contributed by atoms with Crippen molar-refractivity contribution < 1.29 is 45.2 Å². The molecule has 1 fully saturated rings. The van der Waals surface area contributed by atoms with Crippen LogP contribution in [0.15, 0.2) is 57.9 Å². The minimum Gasteiger partial charge on any atom is -1.00 e. The summed E-state index contributed by atoms with van der Waals surface area (Å²) in [5.41, 5.74) is 9.75. The molecule has 33 heavy (non-hydrogen) atoms. The first-order valence-corrected chi connectivity index (χ1v) is 20.3. The predicted octanol–water partition coefficient (Wildman–Crippen LogP) is 2.22. The van der Waals surface area contributed by atoms with Crippen molar-refractivity contribution in [1.82, 2.24) is 0 Å². The summed E-state index contributed by atoms with van der Waals surface area (Å²) in [5.74, 6) is 0. The molecule has 2 aromatic carbocycles. The second-order valence-corrected chi connectivity index (χ2v) is 27.4. The summed E-state index contributed by atoms with van der Waals surface area (Å²) < 4.78 is 2.64. The number of benzene rings is 2. The Morgan fingerprint density at radius 3 is 1.67 bits per heavy atom. The first kappa shape index (κ1) is 27.2. The molecule has 4 heteroatoms. The van der Waals surface area contributed by atoms with Gasteiger partial charge >= 0.3 is 198 Å². The molecule has 1 heterocycles. The average molecular weight is 575 g/mol. The molecule has 0 radical (unpaired) electrons. The quantitative estimate of drug-likeness (QED) is 0.483. The zero-order valence-corrected chi connectivity index (χ0v) is 25.8. The van der Waals surface area contributed by atoms with Crippen LogP contribution in [0.25, 0.3) is 11.1 Å². The predicted molar refractivity (Wildman–Crippen MR) is 133 cm³/mol. The van der Waals surface area contributed by atoms with E-state index in [1.807, 2.05) is 3.28 Å². The number of hydrogen-bond donors (Lipinski definition) is 0. The maximum atomic E-state index is 2.63. The van der Waals surface area contributed by atoms with Gasteiger partial charge < -0.3 is 24.8 Å². The van der Waals surface area contributed by atoms with Crippen molar-refractivity contribution in [3.63, 3.8) is 0 Å². The summed E-state index contributed by atoms with van der Waals surface area (Å²) in [4.78, 5) is 0. The largest absolute Gasteiger partial charge is 1.00 e. The molecular weight excluding hydrogens is 539 g/mol. The van der Waals surface area contributed by atoms with E-state index in [0.717, 1.165) is 3.63 Å². The smallest absolute Gasteiger partial charge is 1.00 e.